The van der Waals surface area contributed by atoms with Crippen LogP contribution in [0.2, 0.25) is 5.02 Å². The van der Waals surface area contributed by atoms with Crippen LogP contribution in [0.15, 0.2) is 56.5 Å². The molecule has 0 unspecified atom stereocenters. The van der Waals surface area contributed by atoms with Crippen LogP contribution in [-0.4, -0.2) is 4.62 Å². The molecule has 0 aliphatic heterocycles. The maximum atomic E-state index is 5.84. The Morgan fingerprint density at radius 2 is 1.74 bits per heavy atom. The predicted molar refractivity (Wildman–Crippen MR) is 92.4 cm³/mol. The quantitative estimate of drug-likeness (QED) is 0.433. The third kappa shape index (κ3) is 4.31. The van der Waals surface area contributed by atoms with Gasteiger partial charge in [0.15, 0.2) is 0 Å². The lowest BCUT2D eigenvalue weighted by molar-refractivity contribution is 1.33. The number of rotatable bonds is 3. The average Bonchev–Trinajstić information content (AvgIpc) is 2.38. The van der Waals surface area contributed by atoms with Crippen molar-refractivity contribution in [3.63, 3.8) is 0 Å². The van der Waals surface area contributed by atoms with Gasteiger partial charge < -0.3 is 0 Å². The zero-order valence-corrected chi connectivity index (χ0v) is 15.0. The van der Waals surface area contributed by atoms with E-state index in [4.69, 9.17) is 11.6 Å². The lowest BCUT2D eigenvalue weighted by Gasteiger charge is -2.05. The van der Waals surface area contributed by atoms with E-state index in [1.54, 1.807) is 0 Å². The predicted octanol–water partition coefficient (Wildman–Crippen LogP) is 6.03. The van der Waals surface area contributed by atoms with Crippen molar-refractivity contribution in [1.82, 2.24) is 0 Å². The van der Waals surface area contributed by atoms with E-state index >= 15 is 0 Å². The summed E-state index contributed by atoms with van der Waals surface area (Å²) in [6.07, 6.45) is 0. The zero-order chi connectivity index (χ0) is 13.8. The van der Waals surface area contributed by atoms with Gasteiger partial charge >= 0.3 is 0 Å². The molecule has 0 spiro atoms. The van der Waals surface area contributed by atoms with Crippen LogP contribution in [0.25, 0.3) is 0 Å². The number of nitrogens with zero attached hydrogens (tertiary/aromatic N) is 1. The molecule has 2 aromatic rings. The van der Waals surface area contributed by atoms with Crippen LogP contribution in [-0.2, 0) is 0 Å². The van der Waals surface area contributed by atoms with E-state index < -0.39 is 0 Å². The van der Waals surface area contributed by atoms with Crippen molar-refractivity contribution >= 4 is 69.7 Å². The lowest BCUT2D eigenvalue weighted by atomic mass is 10.2. The molecule has 2 aromatic carbocycles. The highest BCUT2D eigenvalue weighted by Crippen LogP contribution is 2.26. The van der Waals surface area contributed by atoms with E-state index in [1.165, 1.54) is 0 Å². The van der Waals surface area contributed by atoms with E-state index in [0.717, 1.165) is 20.2 Å². The summed E-state index contributed by atoms with van der Waals surface area (Å²) in [4.78, 5) is 0. The minimum absolute atomic E-state index is 0.702. The van der Waals surface area contributed by atoms with Crippen LogP contribution < -0.4 is 5.43 Å². The van der Waals surface area contributed by atoms with Crippen molar-refractivity contribution in [2.75, 3.05) is 5.43 Å². The molecule has 2 nitrogen and oxygen atoms in total. The van der Waals surface area contributed by atoms with E-state index in [0.29, 0.717) is 9.64 Å². The third-order valence-electron chi connectivity index (χ3n) is 2.29. The fourth-order valence-electron chi connectivity index (χ4n) is 1.34. The molecule has 2 rings (SSSR count). The van der Waals surface area contributed by atoms with Gasteiger partial charge in [-0.25, -0.2) is 0 Å². The van der Waals surface area contributed by atoms with Crippen LogP contribution in [0.3, 0.4) is 0 Å². The minimum Gasteiger partial charge on any atom is -0.276 e. The second-order valence-corrected chi connectivity index (χ2v) is 6.60. The maximum absolute atomic E-state index is 5.84. The monoisotopic (exact) mass is 464 g/mol. The Morgan fingerprint density at radius 3 is 2.37 bits per heavy atom. The van der Waals surface area contributed by atoms with Gasteiger partial charge in [0.25, 0.3) is 0 Å². The molecule has 0 saturated carbocycles. The zero-order valence-electron chi connectivity index (χ0n) is 9.50. The minimum atomic E-state index is 0.702. The third-order valence-corrected chi connectivity index (χ3v) is 4.32. The Balaban J connectivity index is 2.15. The van der Waals surface area contributed by atoms with Crippen molar-refractivity contribution in [3.05, 3.63) is 62.0 Å². The second-order valence-electron chi connectivity index (χ2n) is 3.65. The molecular formula is C13H8Br3ClN2. The van der Waals surface area contributed by atoms with Gasteiger partial charge in [0.05, 0.1) is 5.69 Å². The van der Waals surface area contributed by atoms with Crippen molar-refractivity contribution in [1.29, 1.82) is 0 Å². The number of hydrazone groups is 1. The van der Waals surface area contributed by atoms with E-state index in [9.17, 15) is 0 Å². The summed E-state index contributed by atoms with van der Waals surface area (Å²) >= 11 is 16.1. The first-order valence-corrected chi connectivity index (χ1v) is 8.02. The van der Waals surface area contributed by atoms with Crippen molar-refractivity contribution < 1.29 is 0 Å². The summed E-state index contributed by atoms with van der Waals surface area (Å²) in [6, 6.07) is 13.3. The first-order chi connectivity index (χ1) is 9.06. The molecule has 1 N–H and O–H groups in total. The summed E-state index contributed by atoms with van der Waals surface area (Å²) in [5.41, 5.74) is 4.83. The number of anilines is 1. The van der Waals surface area contributed by atoms with Crippen LogP contribution in [0.4, 0.5) is 5.69 Å². The molecule has 0 fully saturated rings. The van der Waals surface area contributed by atoms with Crippen LogP contribution in [0, 0.1) is 0 Å². The Kier molecular flexibility index (Phi) is 5.45. The Bertz CT molecular complexity index is 612. The molecule has 0 amide bonds. The maximum Gasteiger partial charge on any atom is 0.133 e. The molecule has 0 radical (unpaired) electrons. The summed E-state index contributed by atoms with van der Waals surface area (Å²) in [7, 11) is 0. The van der Waals surface area contributed by atoms with Crippen LogP contribution in [0.1, 0.15) is 5.56 Å². The molecule has 0 aromatic heterocycles. The summed E-state index contributed by atoms with van der Waals surface area (Å²) < 4.78 is 2.65. The number of halogens is 4. The van der Waals surface area contributed by atoms with Gasteiger partial charge in [-0.1, -0.05) is 39.7 Å². The van der Waals surface area contributed by atoms with E-state index in [2.05, 4.69) is 58.3 Å². The average molecular weight is 467 g/mol. The molecule has 0 aliphatic carbocycles. The van der Waals surface area contributed by atoms with E-state index in [1.807, 2.05) is 42.5 Å². The molecule has 0 bridgehead atoms. The van der Waals surface area contributed by atoms with E-state index in [-0.39, 0.29) is 0 Å². The van der Waals surface area contributed by atoms with Gasteiger partial charge in [-0.3, -0.25) is 5.43 Å². The van der Waals surface area contributed by atoms with Gasteiger partial charge in [0.2, 0.25) is 0 Å². The SMILES string of the molecule is Clc1ccc(/C(Br)=N/Nc2ccc(Br)cc2Br)cc1. The summed E-state index contributed by atoms with van der Waals surface area (Å²) in [5, 5.41) is 4.98. The van der Waals surface area contributed by atoms with Crippen molar-refractivity contribution in [3.8, 4) is 0 Å². The van der Waals surface area contributed by atoms with Gasteiger partial charge in [-0.15, -0.1) is 0 Å². The molecule has 0 heterocycles. The Labute approximate surface area is 141 Å². The number of benzene rings is 2. The first-order valence-electron chi connectivity index (χ1n) is 5.26. The van der Waals surface area contributed by atoms with Gasteiger partial charge in [-0.05, 0) is 62.2 Å². The Morgan fingerprint density at radius 1 is 1.05 bits per heavy atom. The molecule has 19 heavy (non-hydrogen) atoms. The van der Waals surface area contributed by atoms with Crippen LogP contribution >= 0.6 is 59.4 Å². The molecule has 98 valence electrons. The molecule has 0 aliphatic rings. The number of hydrogen-bond acceptors (Lipinski definition) is 2. The van der Waals surface area contributed by atoms with Crippen molar-refractivity contribution in [2.45, 2.75) is 0 Å². The summed E-state index contributed by atoms with van der Waals surface area (Å²) in [6.45, 7) is 0. The molecule has 0 saturated heterocycles. The Hall–Kier alpha value is -0.360. The first kappa shape index (κ1) is 15.0. The molecule has 6 heteroatoms. The standard InChI is InChI=1S/C13H8Br3ClN2/c14-9-3-6-12(11(15)7-9)18-19-13(16)8-1-4-10(17)5-2-8/h1-7,18H/b19-13-. The molecule has 0 atom stereocenters. The smallest absolute Gasteiger partial charge is 0.133 e. The summed E-state index contributed by atoms with van der Waals surface area (Å²) in [5.74, 6) is 0. The normalized spacial score (nSPS) is 11.5. The van der Waals surface area contributed by atoms with Gasteiger partial charge in [0, 0.05) is 19.5 Å². The number of nitrogens with one attached hydrogen (secondary N) is 1. The fourth-order valence-corrected chi connectivity index (χ4v) is 2.96. The van der Waals surface area contributed by atoms with Crippen molar-refractivity contribution in [2.24, 2.45) is 5.10 Å². The second kappa shape index (κ2) is 6.88. The number of hydrogen-bond donors (Lipinski definition) is 1. The van der Waals surface area contributed by atoms with Crippen LogP contribution in [0.5, 0.6) is 0 Å². The topological polar surface area (TPSA) is 24.4 Å². The fraction of sp³-hybridized carbons (Fsp3) is 0. The highest BCUT2D eigenvalue weighted by Gasteiger charge is 2.02. The highest BCUT2D eigenvalue weighted by atomic mass is 79.9. The lowest BCUT2D eigenvalue weighted by Crippen LogP contribution is -1.97. The highest BCUT2D eigenvalue weighted by molar-refractivity contribution is 9.18. The van der Waals surface area contributed by atoms with Gasteiger partial charge in [-0.2, -0.15) is 5.10 Å². The molecular weight excluding hydrogens is 459 g/mol. The largest absolute Gasteiger partial charge is 0.276 e. The van der Waals surface area contributed by atoms with Gasteiger partial charge in [0.1, 0.15) is 4.62 Å².